The molecule has 0 bridgehead atoms. The van der Waals surface area contributed by atoms with Crippen molar-refractivity contribution in [3.63, 3.8) is 0 Å². The van der Waals surface area contributed by atoms with Crippen molar-refractivity contribution >= 4 is 5.91 Å². The number of amides is 1. The summed E-state index contributed by atoms with van der Waals surface area (Å²) in [6.07, 6.45) is 0.433. The van der Waals surface area contributed by atoms with Gasteiger partial charge in [0.15, 0.2) is 5.82 Å². The van der Waals surface area contributed by atoms with Crippen LogP contribution in [0.1, 0.15) is 63.4 Å². The van der Waals surface area contributed by atoms with Gasteiger partial charge in [-0.15, -0.1) is 0 Å². The lowest BCUT2D eigenvalue weighted by Crippen LogP contribution is -2.28. The van der Waals surface area contributed by atoms with E-state index in [0.717, 1.165) is 5.56 Å². The van der Waals surface area contributed by atoms with Gasteiger partial charge in [0.1, 0.15) is 0 Å². The first-order valence-corrected chi connectivity index (χ1v) is 8.05. The number of likely N-dealkylation sites (tertiary alicyclic amines) is 1. The molecule has 2 aromatic rings. The molecule has 5 nitrogen and oxygen atoms in total. The van der Waals surface area contributed by atoms with Crippen LogP contribution in [-0.4, -0.2) is 27.5 Å². The topological polar surface area (TPSA) is 59.2 Å². The maximum Gasteiger partial charge on any atom is 0.232 e. The van der Waals surface area contributed by atoms with E-state index in [1.807, 2.05) is 43.9 Å². The number of carbonyl (C=O) groups is 1. The lowest BCUT2D eigenvalue weighted by Gasteiger charge is -2.24. The Hall–Kier alpha value is -2.17. The van der Waals surface area contributed by atoms with Gasteiger partial charge in [-0.3, -0.25) is 4.79 Å². The van der Waals surface area contributed by atoms with Gasteiger partial charge in [-0.2, -0.15) is 4.98 Å². The summed E-state index contributed by atoms with van der Waals surface area (Å²) in [6.45, 7) is 8.83. The average molecular weight is 313 g/mol. The average Bonchev–Trinajstić information content (AvgIpc) is 3.13. The highest BCUT2D eigenvalue weighted by atomic mass is 16.5. The molecule has 1 amide bonds. The van der Waals surface area contributed by atoms with Crippen LogP contribution in [0.25, 0.3) is 0 Å². The fourth-order valence-corrected chi connectivity index (χ4v) is 2.89. The summed E-state index contributed by atoms with van der Waals surface area (Å²) in [5.74, 6) is 1.39. The molecule has 3 rings (SSSR count). The third-order valence-corrected chi connectivity index (χ3v) is 4.37. The fourth-order valence-electron chi connectivity index (χ4n) is 2.89. The molecule has 0 spiro atoms. The molecular formula is C18H23N3O2. The molecule has 0 radical (unpaired) electrons. The predicted molar refractivity (Wildman–Crippen MR) is 86.9 cm³/mol. The van der Waals surface area contributed by atoms with Crippen LogP contribution in [0.15, 0.2) is 34.9 Å². The largest absolute Gasteiger partial charge is 0.339 e. The van der Waals surface area contributed by atoms with Crippen molar-refractivity contribution in [3.8, 4) is 0 Å². The minimum absolute atomic E-state index is 0.0164. The molecule has 0 N–H and O–H groups in total. The molecule has 0 saturated carbocycles. The van der Waals surface area contributed by atoms with Crippen LogP contribution in [0.2, 0.25) is 0 Å². The molecular weight excluding hydrogens is 290 g/mol. The lowest BCUT2D eigenvalue weighted by atomic mass is 9.96. The number of carbonyl (C=O) groups excluding carboxylic acids is 1. The van der Waals surface area contributed by atoms with Gasteiger partial charge in [-0.1, -0.05) is 56.3 Å². The van der Waals surface area contributed by atoms with Gasteiger partial charge in [0.2, 0.25) is 11.8 Å². The number of aromatic nitrogens is 2. The maximum absolute atomic E-state index is 12.4. The van der Waals surface area contributed by atoms with Gasteiger partial charge in [0.25, 0.3) is 0 Å². The molecule has 1 aliphatic heterocycles. The summed E-state index contributed by atoms with van der Waals surface area (Å²) in [7, 11) is 0. The summed E-state index contributed by atoms with van der Waals surface area (Å²) >= 11 is 0. The van der Waals surface area contributed by atoms with Crippen molar-refractivity contribution in [2.24, 2.45) is 0 Å². The lowest BCUT2D eigenvalue weighted by molar-refractivity contribution is -0.129. The number of rotatable bonds is 3. The molecule has 1 fully saturated rings. The van der Waals surface area contributed by atoms with Crippen molar-refractivity contribution in [2.75, 3.05) is 6.54 Å². The van der Waals surface area contributed by atoms with E-state index in [4.69, 9.17) is 4.52 Å². The number of hydrogen-bond donors (Lipinski definition) is 0. The van der Waals surface area contributed by atoms with Gasteiger partial charge < -0.3 is 9.42 Å². The molecule has 2 heterocycles. The quantitative estimate of drug-likeness (QED) is 0.871. The van der Waals surface area contributed by atoms with Crippen molar-refractivity contribution < 1.29 is 9.32 Å². The number of benzene rings is 1. The molecule has 5 heteroatoms. The van der Waals surface area contributed by atoms with Crippen LogP contribution in [0.5, 0.6) is 0 Å². The Morgan fingerprint density at radius 1 is 1.26 bits per heavy atom. The van der Waals surface area contributed by atoms with E-state index < -0.39 is 0 Å². The van der Waals surface area contributed by atoms with Crippen LogP contribution >= 0.6 is 0 Å². The zero-order valence-corrected chi connectivity index (χ0v) is 14.1. The summed E-state index contributed by atoms with van der Waals surface area (Å²) in [6, 6.07) is 10.1. The second kappa shape index (κ2) is 5.80. The van der Waals surface area contributed by atoms with Gasteiger partial charge in [0, 0.05) is 18.4 Å². The summed E-state index contributed by atoms with van der Waals surface area (Å²) in [5.41, 5.74) is 0.990. The zero-order chi connectivity index (χ0) is 16.6. The van der Waals surface area contributed by atoms with Gasteiger partial charge in [0.05, 0.1) is 12.0 Å². The normalized spacial score (nSPS) is 20.1. The molecule has 122 valence electrons. The predicted octanol–water partition coefficient (Wildman–Crippen LogP) is 3.44. The third-order valence-electron chi connectivity index (χ3n) is 4.37. The van der Waals surface area contributed by atoms with E-state index in [0.29, 0.717) is 24.7 Å². The Labute approximate surface area is 136 Å². The molecule has 1 aromatic heterocycles. The first-order chi connectivity index (χ1) is 10.9. The molecule has 1 aliphatic rings. The molecule has 1 saturated heterocycles. The number of nitrogens with zero attached hydrogens (tertiary/aromatic N) is 3. The van der Waals surface area contributed by atoms with Gasteiger partial charge in [-0.05, 0) is 12.5 Å². The fraction of sp³-hybridized carbons (Fsp3) is 0.500. The summed E-state index contributed by atoms with van der Waals surface area (Å²) < 4.78 is 5.42. The maximum atomic E-state index is 12.4. The Bertz CT molecular complexity index is 688. The van der Waals surface area contributed by atoms with Crippen LogP contribution in [0.4, 0.5) is 0 Å². The van der Waals surface area contributed by atoms with E-state index >= 15 is 0 Å². The van der Waals surface area contributed by atoms with Crippen molar-refractivity contribution in [1.29, 1.82) is 0 Å². The Morgan fingerprint density at radius 2 is 1.96 bits per heavy atom. The second-order valence-electron chi connectivity index (χ2n) is 7.24. The van der Waals surface area contributed by atoms with E-state index in [9.17, 15) is 4.79 Å². The first-order valence-electron chi connectivity index (χ1n) is 8.05. The summed E-state index contributed by atoms with van der Waals surface area (Å²) in [4.78, 5) is 18.8. The highest BCUT2D eigenvalue weighted by Gasteiger charge is 2.37. The smallest absolute Gasteiger partial charge is 0.232 e. The molecule has 23 heavy (non-hydrogen) atoms. The van der Waals surface area contributed by atoms with E-state index in [-0.39, 0.29) is 23.3 Å². The SMILES string of the molecule is CC(c1ccccc1)N1CC(c2nc(C(C)(C)C)no2)CC1=O. The Balaban J connectivity index is 1.76. The van der Waals surface area contributed by atoms with E-state index in [2.05, 4.69) is 29.2 Å². The Kier molecular flexibility index (Phi) is 3.96. The van der Waals surface area contributed by atoms with Crippen molar-refractivity contribution in [3.05, 3.63) is 47.6 Å². The first kappa shape index (κ1) is 15.7. The Morgan fingerprint density at radius 3 is 2.57 bits per heavy atom. The van der Waals surface area contributed by atoms with Crippen LogP contribution < -0.4 is 0 Å². The van der Waals surface area contributed by atoms with Crippen molar-refractivity contribution in [2.45, 2.75) is 51.5 Å². The molecule has 2 unspecified atom stereocenters. The van der Waals surface area contributed by atoms with Crippen LogP contribution in [0, 0.1) is 0 Å². The molecule has 0 aliphatic carbocycles. The third kappa shape index (κ3) is 3.14. The highest BCUT2D eigenvalue weighted by Crippen LogP contribution is 2.34. The van der Waals surface area contributed by atoms with Gasteiger partial charge >= 0.3 is 0 Å². The van der Waals surface area contributed by atoms with Gasteiger partial charge in [-0.25, -0.2) is 0 Å². The zero-order valence-electron chi connectivity index (χ0n) is 14.1. The molecule has 1 aromatic carbocycles. The van der Waals surface area contributed by atoms with E-state index in [1.165, 1.54) is 0 Å². The van der Waals surface area contributed by atoms with Crippen LogP contribution in [-0.2, 0) is 10.2 Å². The monoisotopic (exact) mass is 313 g/mol. The van der Waals surface area contributed by atoms with E-state index in [1.54, 1.807) is 0 Å². The molecule has 2 atom stereocenters. The minimum Gasteiger partial charge on any atom is -0.339 e. The van der Waals surface area contributed by atoms with Crippen molar-refractivity contribution in [1.82, 2.24) is 15.0 Å². The minimum atomic E-state index is -0.151. The van der Waals surface area contributed by atoms with Crippen LogP contribution in [0.3, 0.4) is 0 Å². The standard InChI is InChI=1S/C18H23N3O2/c1-12(13-8-6-5-7-9-13)21-11-14(10-15(21)22)16-19-17(20-23-16)18(2,3)4/h5-9,12,14H,10-11H2,1-4H3. The second-order valence-corrected chi connectivity index (χ2v) is 7.24. The summed E-state index contributed by atoms with van der Waals surface area (Å²) in [5, 5.41) is 4.07. The number of hydrogen-bond acceptors (Lipinski definition) is 4. The highest BCUT2D eigenvalue weighted by molar-refractivity contribution is 5.80.